The van der Waals surface area contributed by atoms with Crippen LogP contribution < -0.4 is 5.32 Å². The number of hydrogen-bond acceptors (Lipinski definition) is 3. The Hall–Kier alpha value is -1.14. The summed E-state index contributed by atoms with van der Waals surface area (Å²) >= 11 is 0. The molecule has 0 amide bonds. The van der Waals surface area contributed by atoms with E-state index in [0.29, 0.717) is 12.5 Å². The number of nitrogens with zero attached hydrogens (tertiary/aromatic N) is 1. The molecule has 19 heavy (non-hydrogen) atoms. The van der Waals surface area contributed by atoms with E-state index in [-0.39, 0.29) is 18.3 Å². The number of aromatic nitrogens is 1. The van der Waals surface area contributed by atoms with Gasteiger partial charge in [0, 0.05) is 25.4 Å². The van der Waals surface area contributed by atoms with E-state index < -0.39 is 11.7 Å². The number of rotatable bonds is 4. The van der Waals surface area contributed by atoms with Crippen LogP contribution in [-0.2, 0) is 17.5 Å². The molecule has 2 rings (SSSR count). The van der Waals surface area contributed by atoms with Crippen LogP contribution in [0.25, 0.3) is 0 Å². The minimum Gasteiger partial charge on any atom is -0.381 e. The number of pyridine rings is 1. The fraction of sp³-hybridized carbons (Fsp3) is 0.615. The summed E-state index contributed by atoms with van der Waals surface area (Å²) in [6.07, 6.45) is -2.02. The van der Waals surface area contributed by atoms with Gasteiger partial charge in [-0.25, -0.2) is 0 Å². The molecule has 0 saturated carbocycles. The first-order valence-corrected chi connectivity index (χ1v) is 6.30. The zero-order valence-corrected chi connectivity index (χ0v) is 10.7. The van der Waals surface area contributed by atoms with Crippen LogP contribution in [0.2, 0.25) is 0 Å². The van der Waals surface area contributed by atoms with Crippen LogP contribution >= 0.6 is 0 Å². The topological polar surface area (TPSA) is 34.2 Å². The molecule has 0 unspecified atom stereocenters. The van der Waals surface area contributed by atoms with Crippen molar-refractivity contribution in [3.8, 4) is 0 Å². The summed E-state index contributed by atoms with van der Waals surface area (Å²) in [5.74, 6) is 0.359. The van der Waals surface area contributed by atoms with Crippen LogP contribution in [0.5, 0.6) is 0 Å². The van der Waals surface area contributed by atoms with Gasteiger partial charge in [0.1, 0.15) is 0 Å². The van der Waals surface area contributed by atoms with Gasteiger partial charge in [-0.2, -0.15) is 13.2 Å². The second kappa shape index (κ2) is 5.88. The number of hydrogen-bond donors (Lipinski definition) is 1. The lowest BCUT2D eigenvalue weighted by Gasteiger charge is -2.20. The van der Waals surface area contributed by atoms with Gasteiger partial charge in [-0.15, -0.1) is 0 Å². The third-order valence-electron chi connectivity index (χ3n) is 3.46. The van der Waals surface area contributed by atoms with Gasteiger partial charge in [0.15, 0.2) is 0 Å². The zero-order chi connectivity index (χ0) is 13.9. The number of alkyl halides is 3. The number of ether oxygens (including phenoxy) is 1. The summed E-state index contributed by atoms with van der Waals surface area (Å²) in [6.45, 7) is 3.49. The van der Waals surface area contributed by atoms with Crippen LogP contribution in [0.4, 0.5) is 13.2 Å². The largest absolute Gasteiger partial charge is 0.418 e. The molecule has 0 radical (unpaired) electrons. The van der Waals surface area contributed by atoms with Gasteiger partial charge in [0.25, 0.3) is 0 Å². The Morgan fingerprint density at radius 3 is 2.95 bits per heavy atom. The summed E-state index contributed by atoms with van der Waals surface area (Å²) in [5, 5.41) is 3.11. The molecule has 6 heteroatoms. The Balaban J connectivity index is 1.99. The van der Waals surface area contributed by atoms with Crippen molar-refractivity contribution in [2.45, 2.75) is 32.1 Å². The van der Waals surface area contributed by atoms with Gasteiger partial charge < -0.3 is 10.1 Å². The highest BCUT2D eigenvalue weighted by atomic mass is 19.4. The molecule has 3 nitrogen and oxygen atoms in total. The average molecular weight is 274 g/mol. The lowest BCUT2D eigenvalue weighted by atomic mass is 10.0. The maximum atomic E-state index is 12.8. The van der Waals surface area contributed by atoms with Crippen molar-refractivity contribution in [3.05, 3.63) is 29.6 Å². The molecule has 1 saturated heterocycles. The Morgan fingerprint density at radius 1 is 1.53 bits per heavy atom. The lowest BCUT2D eigenvalue weighted by Crippen LogP contribution is -2.34. The smallest absolute Gasteiger partial charge is 0.381 e. The predicted molar refractivity (Wildman–Crippen MR) is 64.5 cm³/mol. The van der Waals surface area contributed by atoms with Crippen molar-refractivity contribution in [2.24, 2.45) is 5.92 Å². The molecule has 106 valence electrons. The van der Waals surface area contributed by atoms with Gasteiger partial charge in [-0.05, 0) is 31.4 Å². The molecule has 1 fully saturated rings. The van der Waals surface area contributed by atoms with Crippen molar-refractivity contribution in [1.82, 2.24) is 10.3 Å². The Bertz CT molecular complexity index is 417. The molecule has 1 N–H and O–H groups in total. The highest BCUT2D eigenvalue weighted by Gasteiger charge is 2.33. The molecule has 1 aromatic heterocycles. The number of nitrogens with one attached hydrogen (secondary N) is 1. The highest BCUT2D eigenvalue weighted by molar-refractivity contribution is 5.22. The summed E-state index contributed by atoms with van der Waals surface area (Å²) < 4.78 is 43.6. The Morgan fingerprint density at radius 2 is 2.32 bits per heavy atom. The first-order chi connectivity index (χ1) is 8.98. The van der Waals surface area contributed by atoms with Crippen LogP contribution in [-0.4, -0.2) is 24.2 Å². The van der Waals surface area contributed by atoms with Crippen molar-refractivity contribution in [1.29, 1.82) is 0 Å². The zero-order valence-electron chi connectivity index (χ0n) is 10.7. The molecular formula is C13H17F3N2O. The third kappa shape index (κ3) is 3.67. The molecule has 0 bridgehead atoms. The molecule has 2 atom stereocenters. The monoisotopic (exact) mass is 274 g/mol. The van der Waals surface area contributed by atoms with E-state index in [1.165, 1.54) is 12.3 Å². The molecule has 0 spiro atoms. The quantitative estimate of drug-likeness (QED) is 0.916. The van der Waals surface area contributed by atoms with E-state index in [4.69, 9.17) is 4.74 Å². The van der Waals surface area contributed by atoms with Crippen molar-refractivity contribution in [3.63, 3.8) is 0 Å². The van der Waals surface area contributed by atoms with Gasteiger partial charge in [0.2, 0.25) is 0 Å². The van der Waals surface area contributed by atoms with E-state index in [9.17, 15) is 13.2 Å². The molecular weight excluding hydrogens is 257 g/mol. The fourth-order valence-electron chi connectivity index (χ4n) is 2.21. The molecule has 0 aliphatic carbocycles. The molecule has 1 aliphatic rings. The SMILES string of the molecule is C[C@@H](NCc1ncccc1C(F)(F)F)[C@H]1CCOC1. The molecule has 1 aliphatic heterocycles. The van der Waals surface area contributed by atoms with Crippen LogP contribution in [0, 0.1) is 5.92 Å². The summed E-state index contributed by atoms with van der Waals surface area (Å²) in [6, 6.07) is 2.49. The highest BCUT2D eigenvalue weighted by Crippen LogP contribution is 2.31. The van der Waals surface area contributed by atoms with Crippen molar-refractivity contribution < 1.29 is 17.9 Å². The standard InChI is InChI=1S/C13H17F3N2O/c1-9(10-4-6-19-8-10)18-7-12-11(13(14,15)16)3-2-5-17-12/h2-3,5,9-10,18H,4,6-8H2,1H3/t9-,10+/m1/s1. The Labute approximate surface area is 110 Å². The fourth-order valence-corrected chi connectivity index (χ4v) is 2.21. The van der Waals surface area contributed by atoms with Crippen LogP contribution in [0.15, 0.2) is 18.3 Å². The van der Waals surface area contributed by atoms with Crippen molar-refractivity contribution in [2.75, 3.05) is 13.2 Å². The lowest BCUT2D eigenvalue weighted by molar-refractivity contribution is -0.138. The van der Waals surface area contributed by atoms with Gasteiger partial charge in [-0.1, -0.05) is 0 Å². The van der Waals surface area contributed by atoms with Crippen LogP contribution in [0.1, 0.15) is 24.6 Å². The van der Waals surface area contributed by atoms with Gasteiger partial charge >= 0.3 is 6.18 Å². The second-order valence-electron chi connectivity index (χ2n) is 4.79. The Kier molecular flexibility index (Phi) is 4.42. The van der Waals surface area contributed by atoms with Gasteiger partial charge in [0.05, 0.1) is 17.9 Å². The summed E-state index contributed by atoms with van der Waals surface area (Å²) in [4.78, 5) is 3.83. The van der Waals surface area contributed by atoms with Crippen LogP contribution in [0.3, 0.4) is 0 Å². The van der Waals surface area contributed by atoms with E-state index in [1.54, 1.807) is 0 Å². The van der Waals surface area contributed by atoms with E-state index in [1.807, 2.05) is 6.92 Å². The molecule has 2 heterocycles. The summed E-state index contributed by atoms with van der Waals surface area (Å²) in [7, 11) is 0. The molecule has 1 aromatic rings. The normalized spacial score (nSPS) is 21.6. The second-order valence-corrected chi connectivity index (χ2v) is 4.79. The van der Waals surface area contributed by atoms with E-state index >= 15 is 0 Å². The van der Waals surface area contributed by atoms with Crippen molar-refractivity contribution >= 4 is 0 Å². The maximum Gasteiger partial charge on any atom is 0.418 e. The molecule has 0 aromatic carbocycles. The number of halogens is 3. The van der Waals surface area contributed by atoms with E-state index in [2.05, 4.69) is 10.3 Å². The first kappa shape index (κ1) is 14.3. The average Bonchev–Trinajstić information content (AvgIpc) is 2.89. The first-order valence-electron chi connectivity index (χ1n) is 6.30. The third-order valence-corrected chi connectivity index (χ3v) is 3.46. The minimum absolute atomic E-state index is 0.0424. The summed E-state index contributed by atoms with van der Waals surface area (Å²) in [5.41, 5.74) is -0.627. The predicted octanol–water partition coefficient (Wildman–Crippen LogP) is 2.62. The maximum absolute atomic E-state index is 12.8. The van der Waals surface area contributed by atoms with E-state index in [0.717, 1.165) is 19.1 Å². The van der Waals surface area contributed by atoms with Gasteiger partial charge in [-0.3, -0.25) is 4.98 Å². The minimum atomic E-state index is -4.36.